The fourth-order valence-corrected chi connectivity index (χ4v) is 3.23. The highest BCUT2D eigenvalue weighted by atomic mass is 16.5. The molecule has 0 aliphatic heterocycles. The molecule has 4 rings (SSSR count). The van der Waals surface area contributed by atoms with Crippen LogP contribution < -0.4 is 20.1 Å². The van der Waals surface area contributed by atoms with E-state index < -0.39 is 5.91 Å². The smallest absolute Gasteiger partial charge is 0.291 e. The van der Waals surface area contributed by atoms with E-state index in [0.29, 0.717) is 28.4 Å². The molecule has 3 aromatic carbocycles. The molecule has 0 aliphatic rings. The van der Waals surface area contributed by atoms with Crippen molar-refractivity contribution in [1.82, 2.24) is 0 Å². The zero-order chi connectivity index (χ0) is 21.8. The van der Waals surface area contributed by atoms with Crippen LogP contribution in [0.1, 0.15) is 20.9 Å². The molecule has 0 radical (unpaired) electrons. The van der Waals surface area contributed by atoms with Gasteiger partial charge in [-0.05, 0) is 47.2 Å². The Morgan fingerprint density at radius 2 is 1.52 bits per heavy atom. The third-order valence-electron chi connectivity index (χ3n) is 4.77. The minimum absolute atomic E-state index is 0.183. The van der Waals surface area contributed by atoms with Gasteiger partial charge in [0.15, 0.2) is 5.76 Å². The standard InChI is InChI=1S/C24H20N2O5/c1-29-21-13-16-7-4-3-6-15(16)12-18(21)23(27)25-17-9-10-19(22(14-17)30-2)26-24(28)20-8-5-11-31-20/h3-14H,1-2H3,(H,25,27)(H,26,28). The molecule has 1 heterocycles. The molecule has 31 heavy (non-hydrogen) atoms. The van der Waals surface area contributed by atoms with Crippen molar-refractivity contribution in [2.24, 2.45) is 0 Å². The zero-order valence-corrected chi connectivity index (χ0v) is 17.0. The van der Waals surface area contributed by atoms with Crippen molar-refractivity contribution in [3.63, 3.8) is 0 Å². The number of anilines is 2. The van der Waals surface area contributed by atoms with E-state index >= 15 is 0 Å². The first-order valence-electron chi connectivity index (χ1n) is 9.50. The van der Waals surface area contributed by atoms with Crippen molar-refractivity contribution in [2.45, 2.75) is 0 Å². The van der Waals surface area contributed by atoms with Crippen LogP contribution in [-0.2, 0) is 0 Å². The summed E-state index contributed by atoms with van der Waals surface area (Å²) < 4.78 is 15.9. The van der Waals surface area contributed by atoms with Gasteiger partial charge in [-0.3, -0.25) is 9.59 Å². The molecular formula is C24H20N2O5. The summed E-state index contributed by atoms with van der Waals surface area (Å²) >= 11 is 0. The van der Waals surface area contributed by atoms with E-state index in [1.54, 1.807) is 36.4 Å². The molecule has 0 bridgehead atoms. The van der Waals surface area contributed by atoms with Gasteiger partial charge < -0.3 is 24.5 Å². The summed E-state index contributed by atoms with van der Waals surface area (Å²) in [6, 6.07) is 19.5. The first-order valence-corrected chi connectivity index (χ1v) is 9.50. The summed E-state index contributed by atoms with van der Waals surface area (Å²) in [7, 11) is 3.01. The molecule has 0 aliphatic carbocycles. The summed E-state index contributed by atoms with van der Waals surface area (Å²) in [5, 5.41) is 7.49. The number of carbonyl (C=O) groups excluding carboxylic acids is 2. The number of rotatable bonds is 6. The molecule has 2 N–H and O–H groups in total. The van der Waals surface area contributed by atoms with Crippen molar-refractivity contribution in [3.05, 3.63) is 84.3 Å². The lowest BCUT2D eigenvalue weighted by molar-refractivity contribution is 0.0993. The van der Waals surface area contributed by atoms with E-state index in [-0.39, 0.29) is 11.7 Å². The minimum atomic E-state index is -0.402. The van der Waals surface area contributed by atoms with Crippen LogP contribution in [-0.4, -0.2) is 26.0 Å². The van der Waals surface area contributed by atoms with Crippen LogP contribution in [0.3, 0.4) is 0 Å². The molecule has 0 atom stereocenters. The van der Waals surface area contributed by atoms with Gasteiger partial charge in [0.1, 0.15) is 11.5 Å². The highest BCUT2D eigenvalue weighted by molar-refractivity contribution is 6.09. The Morgan fingerprint density at radius 3 is 2.19 bits per heavy atom. The van der Waals surface area contributed by atoms with Crippen LogP contribution in [0.5, 0.6) is 11.5 Å². The van der Waals surface area contributed by atoms with Gasteiger partial charge in [0.05, 0.1) is 31.7 Å². The summed E-state index contributed by atoms with van der Waals surface area (Å²) in [4.78, 5) is 25.2. The number of hydrogen-bond acceptors (Lipinski definition) is 5. The first kappa shape index (κ1) is 20.0. The van der Waals surface area contributed by atoms with Gasteiger partial charge in [0, 0.05) is 11.8 Å². The van der Waals surface area contributed by atoms with E-state index in [1.807, 2.05) is 30.3 Å². The Kier molecular flexibility index (Phi) is 5.57. The van der Waals surface area contributed by atoms with Gasteiger partial charge in [-0.2, -0.15) is 0 Å². The number of furan rings is 1. The van der Waals surface area contributed by atoms with Crippen molar-refractivity contribution in [3.8, 4) is 11.5 Å². The fraction of sp³-hybridized carbons (Fsp3) is 0.0833. The Morgan fingerprint density at radius 1 is 0.774 bits per heavy atom. The van der Waals surface area contributed by atoms with E-state index in [0.717, 1.165) is 10.8 Å². The monoisotopic (exact) mass is 416 g/mol. The van der Waals surface area contributed by atoms with Gasteiger partial charge in [0.2, 0.25) is 0 Å². The molecule has 1 aromatic heterocycles. The van der Waals surface area contributed by atoms with Gasteiger partial charge in [-0.15, -0.1) is 0 Å². The average Bonchev–Trinajstić information content (AvgIpc) is 3.34. The lowest BCUT2D eigenvalue weighted by Gasteiger charge is -2.14. The topological polar surface area (TPSA) is 89.8 Å². The summed E-state index contributed by atoms with van der Waals surface area (Å²) in [6.45, 7) is 0. The maximum Gasteiger partial charge on any atom is 0.291 e. The fourth-order valence-electron chi connectivity index (χ4n) is 3.23. The molecule has 156 valence electrons. The highest BCUT2D eigenvalue weighted by Gasteiger charge is 2.16. The third-order valence-corrected chi connectivity index (χ3v) is 4.77. The van der Waals surface area contributed by atoms with Crippen molar-refractivity contribution >= 4 is 34.0 Å². The number of fused-ring (bicyclic) bond motifs is 1. The van der Waals surface area contributed by atoms with Crippen molar-refractivity contribution < 1.29 is 23.5 Å². The van der Waals surface area contributed by atoms with Gasteiger partial charge >= 0.3 is 0 Å². The molecule has 4 aromatic rings. The predicted octanol–water partition coefficient (Wildman–Crippen LogP) is 4.95. The lowest BCUT2D eigenvalue weighted by Crippen LogP contribution is -2.14. The van der Waals surface area contributed by atoms with Crippen molar-refractivity contribution in [1.29, 1.82) is 0 Å². The summed E-state index contributed by atoms with van der Waals surface area (Å²) in [5.41, 5.74) is 1.37. The SMILES string of the molecule is COc1cc(NC(=O)c2cc3ccccc3cc2OC)ccc1NC(=O)c1ccco1. The first-order chi connectivity index (χ1) is 15.1. The second-order valence-electron chi connectivity index (χ2n) is 6.70. The van der Waals surface area contributed by atoms with Crippen LogP contribution >= 0.6 is 0 Å². The Hall–Kier alpha value is -4.26. The largest absolute Gasteiger partial charge is 0.496 e. The van der Waals surface area contributed by atoms with Gasteiger partial charge in [0.25, 0.3) is 11.8 Å². The molecule has 0 saturated heterocycles. The van der Waals surface area contributed by atoms with E-state index in [2.05, 4.69) is 10.6 Å². The van der Waals surface area contributed by atoms with E-state index in [9.17, 15) is 9.59 Å². The number of ether oxygens (including phenoxy) is 2. The Balaban J connectivity index is 1.57. The van der Waals surface area contributed by atoms with Crippen molar-refractivity contribution in [2.75, 3.05) is 24.9 Å². The summed E-state index contributed by atoms with van der Waals surface area (Å²) in [5.74, 6) is 0.328. The normalized spacial score (nSPS) is 10.5. The average molecular weight is 416 g/mol. The van der Waals surface area contributed by atoms with E-state index in [1.165, 1.54) is 20.5 Å². The lowest BCUT2D eigenvalue weighted by atomic mass is 10.1. The van der Waals surface area contributed by atoms with Crippen LogP contribution in [0.25, 0.3) is 10.8 Å². The maximum absolute atomic E-state index is 12.9. The second kappa shape index (κ2) is 8.62. The number of benzene rings is 3. The number of carbonyl (C=O) groups is 2. The number of amides is 2. The Labute approximate surface area is 178 Å². The highest BCUT2D eigenvalue weighted by Crippen LogP contribution is 2.30. The summed E-state index contributed by atoms with van der Waals surface area (Å²) in [6.07, 6.45) is 1.42. The quantitative estimate of drug-likeness (QED) is 0.464. The van der Waals surface area contributed by atoms with Crippen LogP contribution in [0.4, 0.5) is 11.4 Å². The van der Waals surface area contributed by atoms with E-state index in [4.69, 9.17) is 13.9 Å². The van der Waals surface area contributed by atoms with Crippen LogP contribution in [0, 0.1) is 0 Å². The zero-order valence-electron chi connectivity index (χ0n) is 17.0. The van der Waals surface area contributed by atoms with Gasteiger partial charge in [-0.1, -0.05) is 24.3 Å². The Bertz CT molecular complexity index is 1250. The molecular weight excluding hydrogens is 396 g/mol. The maximum atomic E-state index is 12.9. The molecule has 2 amide bonds. The minimum Gasteiger partial charge on any atom is -0.496 e. The number of nitrogens with one attached hydrogen (secondary N) is 2. The van der Waals surface area contributed by atoms with Gasteiger partial charge in [-0.25, -0.2) is 0 Å². The predicted molar refractivity (Wildman–Crippen MR) is 118 cm³/mol. The third kappa shape index (κ3) is 4.20. The van der Waals surface area contributed by atoms with Crippen LogP contribution in [0.2, 0.25) is 0 Å². The second-order valence-corrected chi connectivity index (χ2v) is 6.70. The molecule has 0 fully saturated rings. The number of hydrogen-bond donors (Lipinski definition) is 2. The molecule has 0 spiro atoms. The van der Waals surface area contributed by atoms with Crippen LogP contribution in [0.15, 0.2) is 77.4 Å². The molecule has 0 unspecified atom stereocenters. The molecule has 7 nitrogen and oxygen atoms in total. The molecule has 7 heteroatoms. The number of methoxy groups -OCH3 is 2. The molecule has 0 saturated carbocycles.